The molecule has 0 radical (unpaired) electrons. The summed E-state index contributed by atoms with van der Waals surface area (Å²) < 4.78 is 4.66. The number of hydrogen-bond donors (Lipinski definition) is 1. The van der Waals surface area contributed by atoms with Gasteiger partial charge >= 0.3 is 5.97 Å². The molecule has 0 spiro atoms. The van der Waals surface area contributed by atoms with E-state index in [1.807, 2.05) is 0 Å². The number of nitrogens with zero attached hydrogens (tertiary/aromatic N) is 2. The molecule has 0 amide bonds. The summed E-state index contributed by atoms with van der Waals surface area (Å²) in [4.78, 5) is 16.2. The SMILES string of the molecule is COC(=O)C(N)CN1CCN2CCCCC2C1. The molecule has 2 aliphatic rings. The summed E-state index contributed by atoms with van der Waals surface area (Å²) >= 11 is 0. The number of nitrogens with two attached hydrogens (primary N) is 1. The second-order valence-corrected chi connectivity index (χ2v) is 5.07. The minimum absolute atomic E-state index is 0.309. The number of rotatable bonds is 3. The number of ether oxygens (including phenoxy) is 1. The monoisotopic (exact) mass is 241 g/mol. The summed E-state index contributed by atoms with van der Waals surface area (Å²) in [5.74, 6) is -0.309. The van der Waals surface area contributed by atoms with Crippen LogP contribution in [-0.2, 0) is 9.53 Å². The number of carbonyl (C=O) groups excluding carboxylic acids is 1. The number of methoxy groups -OCH3 is 1. The van der Waals surface area contributed by atoms with E-state index in [1.54, 1.807) is 0 Å². The molecule has 17 heavy (non-hydrogen) atoms. The van der Waals surface area contributed by atoms with Gasteiger partial charge in [-0.2, -0.15) is 0 Å². The highest BCUT2D eigenvalue weighted by atomic mass is 16.5. The van der Waals surface area contributed by atoms with Gasteiger partial charge in [0, 0.05) is 32.2 Å². The average molecular weight is 241 g/mol. The third-order valence-electron chi connectivity index (χ3n) is 3.88. The summed E-state index contributed by atoms with van der Waals surface area (Å²) in [6, 6.07) is 0.164. The van der Waals surface area contributed by atoms with E-state index < -0.39 is 6.04 Å². The van der Waals surface area contributed by atoms with Gasteiger partial charge in [0.05, 0.1) is 7.11 Å². The van der Waals surface area contributed by atoms with Crippen LogP contribution in [0.15, 0.2) is 0 Å². The lowest BCUT2D eigenvalue weighted by atomic mass is 9.99. The minimum Gasteiger partial charge on any atom is -0.468 e. The quantitative estimate of drug-likeness (QED) is 0.685. The van der Waals surface area contributed by atoms with Gasteiger partial charge in [-0.15, -0.1) is 0 Å². The first-order valence-electron chi connectivity index (χ1n) is 6.50. The van der Waals surface area contributed by atoms with Gasteiger partial charge in [-0.05, 0) is 19.4 Å². The van der Waals surface area contributed by atoms with Crippen LogP contribution >= 0.6 is 0 Å². The molecule has 2 rings (SSSR count). The Labute approximate surface area is 103 Å². The van der Waals surface area contributed by atoms with Crippen molar-refractivity contribution in [2.24, 2.45) is 5.73 Å². The lowest BCUT2D eigenvalue weighted by Crippen LogP contribution is -2.57. The Hall–Kier alpha value is -0.650. The number of hydrogen-bond acceptors (Lipinski definition) is 5. The van der Waals surface area contributed by atoms with E-state index in [-0.39, 0.29) is 5.97 Å². The van der Waals surface area contributed by atoms with Gasteiger partial charge in [0.25, 0.3) is 0 Å². The third kappa shape index (κ3) is 3.18. The molecule has 2 aliphatic heterocycles. The molecular formula is C12H23N3O2. The number of piperazine rings is 1. The normalized spacial score (nSPS) is 28.5. The van der Waals surface area contributed by atoms with Crippen LogP contribution in [0.5, 0.6) is 0 Å². The molecule has 2 N–H and O–H groups in total. The Kier molecular flexibility index (Phi) is 4.36. The van der Waals surface area contributed by atoms with Crippen LogP contribution in [0.4, 0.5) is 0 Å². The van der Waals surface area contributed by atoms with Crippen LogP contribution in [0.25, 0.3) is 0 Å². The topological polar surface area (TPSA) is 58.8 Å². The minimum atomic E-state index is -0.504. The van der Waals surface area contributed by atoms with Crippen molar-refractivity contribution in [3.8, 4) is 0 Å². The van der Waals surface area contributed by atoms with Crippen LogP contribution in [0.2, 0.25) is 0 Å². The average Bonchev–Trinajstić information content (AvgIpc) is 2.37. The van der Waals surface area contributed by atoms with Crippen LogP contribution in [-0.4, -0.2) is 67.7 Å². The molecule has 0 saturated carbocycles. The second kappa shape index (κ2) is 5.80. The Morgan fingerprint density at radius 1 is 1.41 bits per heavy atom. The smallest absolute Gasteiger partial charge is 0.323 e. The lowest BCUT2D eigenvalue weighted by Gasteiger charge is -2.44. The van der Waals surface area contributed by atoms with E-state index >= 15 is 0 Å². The van der Waals surface area contributed by atoms with Gasteiger partial charge in [-0.3, -0.25) is 14.6 Å². The predicted octanol–water partition coefficient (Wildman–Crippen LogP) is -0.343. The Balaban J connectivity index is 1.81. The van der Waals surface area contributed by atoms with Gasteiger partial charge in [0.15, 0.2) is 0 Å². The summed E-state index contributed by atoms with van der Waals surface area (Å²) in [5.41, 5.74) is 5.80. The van der Waals surface area contributed by atoms with Crippen LogP contribution in [0.1, 0.15) is 19.3 Å². The van der Waals surface area contributed by atoms with Crippen LogP contribution < -0.4 is 5.73 Å². The Bertz CT molecular complexity index is 272. The molecule has 2 saturated heterocycles. The van der Waals surface area contributed by atoms with Gasteiger partial charge < -0.3 is 10.5 Å². The number of carbonyl (C=O) groups is 1. The van der Waals surface area contributed by atoms with Gasteiger partial charge in [0.2, 0.25) is 0 Å². The van der Waals surface area contributed by atoms with Gasteiger partial charge in [0.1, 0.15) is 6.04 Å². The van der Waals surface area contributed by atoms with Crippen molar-refractivity contribution < 1.29 is 9.53 Å². The number of esters is 1. The first kappa shape index (κ1) is 12.8. The molecule has 0 aromatic rings. The third-order valence-corrected chi connectivity index (χ3v) is 3.88. The van der Waals surface area contributed by atoms with Gasteiger partial charge in [-0.25, -0.2) is 0 Å². The predicted molar refractivity (Wildman–Crippen MR) is 65.6 cm³/mol. The highest BCUT2D eigenvalue weighted by Crippen LogP contribution is 2.20. The first-order chi connectivity index (χ1) is 8.20. The fourth-order valence-corrected chi connectivity index (χ4v) is 2.89. The summed E-state index contributed by atoms with van der Waals surface area (Å²) in [6.07, 6.45) is 3.94. The van der Waals surface area contributed by atoms with E-state index in [1.165, 1.54) is 32.9 Å². The van der Waals surface area contributed by atoms with Crippen molar-refractivity contribution in [2.75, 3.05) is 39.8 Å². The molecule has 98 valence electrons. The zero-order chi connectivity index (χ0) is 12.3. The molecule has 0 aliphatic carbocycles. The Morgan fingerprint density at radius 2 is 2.24 bits per heavy atom. The maximum Gasteiger partial charge on any atom is 0.323 e. The molecule has 2 heterocycles. The van der Waals surface area contributed by atoms with Crippen molar-refractivity contribution in [1.29, 1.82) is 0 Å². The zero-order valence-corrected chi connectivity index (χ0v) is 10.6. The van der Waals surface area contributed by atoms with Crippen molar-refractivity contribution in [2.45, 2.75) is 31.3 Å². The molecular weight excluding hydrogens is 218 g/mol. The number of fused-ring (bicyclic) bond motifs is 1. The van der Waals surface area contributed by atoms with E-state index in [9.17, 15) is 4.79 Å². The lowest BCUT2D eigenvalue weighted by molar-refractivity contribution is -0.142. The molecule has 5 nitrogen and oxygen atoms in total. The summed E-state index contributed by atoms with van der Waals surface area (Å²) in [5, 5.41) is 0. The van der Waals surface area contributed by atoms with Crippen molar-refractivity contribution in [1.82, 2.24) is 9.80 Å². The van der Waals surface area contributed by atoms with Crippen LogP contribution in [0.3, 0.4) is 0 Å². The molecule has 0 aromatic carbocycles. The molecule has 0 aromatic heterocycles. The van der Waals surface area contributed by atoms with Crippen molar-refractivity contribution in [3.63, 3.8) is 0 Å². The zero-order valence-electron chi connectivity index (χ0n) is 10.6. The largest absolute Gasteiger partial charge is 0.468 e. The van der Waals surface area contributed by atoms with Crippen LogP contribution in [0, 0.1) is 0 Å². The van der Waals surface area contributed by atoms with Crippen molar-refractivity contribution >= 4 is 5.97 Å². The highest BCUT2D eigenvalue weighted by Gasteiger charge is 2.30. The molecule has 5 heteroatoms. The van der Waals surface area contributed by atoms with Crippen molar-refractivity contribution in [3.05, 3.63) is 0 Å². The van der Waals surface area contributed by atoms with E-state index in [2.05, 4.69) is 14.5 Å². The molecule has 0 bridgehead atoms. The first-order valence-corrected chi connectivity index (χ1v) is 6.50. The summed E-state index contributed by atoms with van der Waals surface area (Å²) in [7, 11) is 1.39. The Morgan fingerprint density at radius 3 is 3.00 bits per heavy atom. The maximum absolute atomic E-state index is 11.3. The second-order valence-electron chi connectivity index (χ2n) is 5.07. The standard InChI is InChI=1S/C12H23N3O2/c1-17-12(16)11(13)9-14-6-7-15-5-3-2-4-10(15)8-14/h10-11H,2-9,13H2,1H3. The fourth-order valence-electron chi connectivity index (χ4n) is 2.89. The number of piperidine rings is 1. The van der Waals surface area contributed by atoms with E-state index in [0.717, 1.165) is 19.6 Å². The van der Waals surface area contributed by atoms with Gasteiger partial charge in [-0.1, -0.05) is 6.42 Å². The van der Waals surface area contributed by atoms with E-state index in [4.69, 9.17) is 5.73 Å². The summed E-state index contributed by atoms with van der Waals surface area (Å²) in [6.45, 7) is 5.03. The highest BCUT2D eigenvalue weighted by molar-refractivity contribution is 5.75. The maximum atomic E-state index is 11.3. The molecule has 2 fully saturated rings. The molecule has 2 unspecified atom stereocenters. The molecule has 2 atom stereocenters. The fraction of sp³-hybridized carbons (Fsp3) is 0.917. The van der Waals surface area contributed by atoms with E-state index in [0.29, 0.717) is 12.6 Å².